The van der Waals surface area contributed by atoms with Gasteiger partial charge < -0.3 is 4.74 Å². The number of amides is 1. The number of hydrogen-bond donors (Lipinski definition) is 1. The lowest BCUT2D eigenvalue weighted by atomic mass is 10.1. The highest BCUT2D eigenvalue weighted by molar-refractivity contribution is 6.31. The number of hydrazone groups is 1. The molecule has 0 atom stereocenters. The number of benzene rings is 3. The molecule has 0 saturated carbocycles. The van der Waals surface area contributed by atoms with Crippen molar-refractivity contribution in [3.05, 3.63) is 100 Å². The molecule has 3 aromatic carbocycles. The summed E-state index contributed by atoms with van der Waals surface area (Å²) in [4.78, 5) is 11.8. The Morgan fingerprint density at radius 1 is 1.04 bits per heavy atom. The molecule has 4 nitrogen and oxygen atoms in total. The maximum Gasteiger partial charge on any atom is 0.244 e. The third kappa shape index (κ3) is 5.93. The van der Waals surface area contributed by atoms with Crippen LogP contribution in [0, 0.1) is 5.82 Å². The van der Waals surface area contributed by atoms with Gasteiger partial charge in [-0.3, -0.25) is 4.79 Å². The minimum atomic E-state index is -0.332. The van der Waals surface area contributed by atoms with Crippen LogP contribution in [-0.4, -0.2) is 12.1 Å². The van der Waals surface area contributed by atoms with Crippen molar-refractivity contribution in [2.75, 3.05) is 0 Å². The van der Waals surface area contributed by atoms with Crippen molar-refractivity contribution in [3.63, 3.8) is 0 Å². The zero-order chi connectivity index (χ0) is 19.8. The van der Waals surface area contributed by atoms with E-state index in [1.165, 1.54) is 12.1 Å². The van der Waals surface area contributed by atoms with E-state index in [1.54, 1.807) is 18.3 Å². The summed E-state index contributed by atoms with van der Waals surface area (Å²) in [5.41, 5.74) is 4.90. The Labute approximate surface area is 167 Å². The van der Waals surface area contributed by atoms with Gasteiger partial charge in [-0.25, -0.2) is 9.82 Å². The number of hydrogen-bond acceptors (Lipinski definition) is 3. The van der Waals surface area contributed by atoms with Crippen LogP contribution in [0.4, 0.5) is 4.39 Å². The predicted octanol–water partition coefficient (Wildman–Crippen LogP) is 4.75. The molecule has 142 valence electrons. The topological polar surface area (TPSA) is 50.7 Å². The quantitative estimate of drug-likeness (QED) is 0.462. The number of ether oxygens (including phenoxy) is 1. The maximum atomic E-state index is 12.9. The third-order valence-electron chi connectivity index (χ3n) is 3.91. The van der Waals surface area contributed by atoms with Crippen LogP contribution in [0.1, 0.15) is 16.7 Å². The first-order chi connectivity index (χ1) is 13.6. The standard InChI is InChI=1S/C22H18ClFN2O2/c23-21-4-2-1-3-18(21)15-28-20-11-7-17(8-12-20)14-25-26-22(27)13-16-5-9-19(24)10-6-16/h1-12,14H,13,15H2,(H,26,27)/b25-14+. The van der Waals surface area contributed by atoms with Crippen LogP contribution in [0.2, 0.25) is 5.02 Å². The summed E-state index contributed by atoms with van der Waals surface area (Å²) in [6.45, 7) is 0.382. The lowest BCUT2D eigenvalue weighted by Crippen LogP contribution is -2.19. The van der Waals surface area contributed by atoms with Gasteiger partial charge in [0.05, 0.1) is 12.6 Å². The average molecular weight is 397 g/mol. The fraction of sp³-hybridized carbons (Fsp3) is 0.0909. The Balaban J connectivity index is 1.47. The van der Waals surface area contributed by atoms with Gasteiger partial charge in [-0.15, -0.1) is 0 Å². The molecule has 28 heavy (non-hydrogen) atoms. The summed E-state index contributed by atoms with van der Waals surface area (Å²) in [6, 6.07) is 20.6. The van der Waals surface area contributed by atoms with Crippen LogP contribution < -0.4 is 10.2 Å². The molecule has 0 radical (unpaired) electrons. The van der Waals surface area contributed by atoms with Gasteiger partial charge in [0.25, 0.3) is 0 Å². The molecule has 6 heteroatoms. The average Bonchev–Trinajstić information content (AvgIpc) is 2.70. The second-order valence-electron chi connectivity index (χ2n) is 6.05. The monoisotopic (exact) mass is 396 g/mol. The van der Waals surface area contributed by atoms with E-state index in [2.05, 4.69) is 10.5 Å². The maximum absolute atomic E-state index is 12.9. The van der Waals surface area contributed by atoms with Gasteiger partial charge in [0, 0.05) is 10.6 Å². The Hall–Kier alpha value is -3.18. The summed E-state index contributed by atoms with van der Waals surface area (Å²) in [5.74, 6) is 0.0986. The molecule has 1 amide bonds. The molecule has 0 unspecified atom stereocenters. The highest BCUT2D eigenvalue weighted by Crippen LogP contribution is 2.18. The molecule has 3 aromatic rings. The van der Waals surface area contributed by atoms with E-state index in [1.807, 2.05) is 48.5 Å². The molecule has 1 N–H and O–H groups in total. The number of carbonyl (C=O) groups is 1. The molecule has 0 saturated heterocycles. The van der Waals surface area contributed by atoms with Crippen LogP contribution in [0.3, 0.4) is 0 Å². The van der Waals surface area contributed by atoms with Gasteiger partial charge >= 0.3 is 0 Å². The predicted molar refractivity (Wildman–Crippen MR) is 108 cm³/mol. The Kier molecular flexibility index (Phi) is 6.76. The first-order valence-electron chi connectivity index (χ1n) is 8.63. The molecule has 0 heterocycles. The number of nitrogens with one attached hydrogen (secondary N) is 1. The molecule has 0 aromatic heterocycles. The number of carbonyl (C=O) groups excluding carboxylic acids is 1. The fourth-order valence-corrected chi connectivity index (χ4v) is 2.62. The zero-order valence-electron chi connectivity index (χ0n) is 14.9. The second-order valence-corrected chi connectivity index (χ2v) is 6.45. The van der Waals surface area contributed by atoms with Gasteiger partial charge in [0.2, 0.25) is 5.91 Å². The van der Waals surface area contributed by atoms with Crippen LogP contribution in [0.15, 0.2) is 77.9 Å². The van der Waals surface area contributed by atoms with E-state index in [-0.39, 0.29) is 18.1 Å². The Bertz CT molecular complexity index is 957. The summed E-state index contributed by atoms with van der Waals surface area (Å²) >= 11 is 6.11. The fourth-order valence-electron chi connectivity index (χ4n) is 2.43. The zero-order valence-corrected chi connectivity index (χ0v) is 15.7. The minimum Gasteiger partial charge on any atom is -0.489 e. The highest BCUT2D eigenvalue weighted by Gasteiger charge is 2.03. The third-order valence-corrected chi connectivity index (χ3v) is 4.28. The summed E-state index contributed by atoms with van der Waals surface area (Å²) in [7, 11) is 0. The van der Waals surface area contributed by atoms with Crippen molar-refractivity contribution in [2.24, 2.45) is 5.10 Å². The molecule has 0 aliphatic heterocycles. The second kappa shape index (κ2) is 9.67. The molecule has 0 aliphatic rings. The Morgan fingerprint density at radius 2 is 1.75 bits per heavy atom. The summed E-state index contributed by atoms with van der Waals surface area (Å²) in [6.07, 6.45) is 1.67. The molecule has 0 aliphatic carbocycles. The first-order valence-corrected chi connectivity index (χ1v) is 9.00. The van der Waals surface area contributed by atoms with E-state index in [9.17, 15) is 9.18 Å². The van der Waals surface area contributed by atoms with Crippen molar-refractivity contribution in [3.8, 4) is 5.75 Å². The first kappa shape index (κ1) is 19.6. The normalized spacial score (nSPS) is 10.8. The van der Waals surface area contributed by atoms with Gasteiger partial charge in [0.15, 0.2) is 0 Å². The van der Waals surface area contributed by atoms with Gasteiger partial charge in [-0.2, -0.15) is 5.10 Å². The van der Waals surface area contributed by atoms with Gasteiger partial charge in [-0.1, -0.05) is 41.9 Å². The SMILES string of the molecule is O=C(Cc1ccc(F)cc1)N/N=C/c1ccc(OCc2ccccc2Cl)cc1. The van der Waals surface area contributed by atoms with E-state index in [0.29, 0.717) is 22.9 Å². The van der Waals surface area contributed by atoms with Crippen molar-refractivity contribution in [1.82, 2.24) is 5.43 Å². The Morgan fingerprint density at radius 3 is 2.46 bits per heavy atom. The number of halogens is 2. The van der Waals surface area contributed by atoms with Crippen molar-refractivity contribution < 1.29 is 13.9 Å². The number of nitrogens with zero attached hydrogens (tertiary/aromatic N) is 1. The van der Waals surface area contributed by atoms with Crippen LogP contribution in [0.25, 0.3) is 0 Å². The van der Waals surface area contributed by atoms with E-state index < -0.39 is 0 Å². The van der Waals surface area contributed by atoms with Crippen LogP contribution in [-0.2, 0) is 17.8 Å². The van der Waals surface area contributed by atoms with Crippen LogP contribution in [0.5, 0.6) is 5.75 Å². The molecular formula is C22H18ClFN2O2. The van der Waals surface area contributed by atoms with Crippen molar-refractivity contribution >= 4 is 23.7 Å². The number of rotatable bonds is 7. The molecule has 0 spiro atoms. The van der Waals surface area contributed by atoms with Crippen molar-refractivity contribution in [2.45, 2.75) is 13.0 Å². The lowest BCUT2D eigenvalue weighted by molar-refractivity contribution is -0.120. The van der Waals surface area contributed by atoms with Gasteiger partial charge in [-0.05, 0) is 53.6 Å². The smallest absolute Gasteiger partial charge is 0.244 e. The summed E-state index contributed by atoms with van der Waals surface area (Å²) in [5, 5.41) is 4.60. The highest BCUT2D eigenvalue weighted by atomic mass is 35.5. The van der Waals surface area contributed by atoms with E-state index in [4.69, 9.17) is 16.3 Å². The molecular weight excluding hydrogens is 379 g/mol. The largest absolute Gasteiger partial charge is 0.489 e. The van der Waals surface area contributed by atoms with E-state index in [0.717, 1.165) is 11.1 Å². The lowest BCUT2D eigenvalue weighted by Gasteiger charge is -2.07. The molecule has 0 fully saturated rings. The van der Waals surface area contributed by atoms with E-state index >= 15 is 0 Å². The molecule has 3 rings (SSSR count). The van der Waals surface area contributed by atoms with Gasteiger partial charge in [0.1, 0.15) is 18.2 Å². The minimum absolute atomic E-state index is 0.131. The molecule has 0 bridgehead atoms. The van der Waals surface area contributed by atoms with Crippen molar-refractivity contribution in [1.29, 1.82) is 0 Å². The van der Waals surface area contributed by atoms with Crippen LogP contribution >= 0.6 is 11.6 Å². The summed E-state index contributed by atoms with van der Waals surface area (Å²) < 4.78 is 18.6.